The van der Waals surface area contributed by atoms with E-state index in [4.69, 9.17) is 4.74 Å². The molecule has 0 aliphatic carbocycles. The van der Waals surface area contributed by atoms with Gasteiger partial charge >= 0.3 is 0 Å². The Kier molecular flexibility index (Phi) is 5.01. The van der Waals surface area contributed by atoms with Crippen LogP contribution in [0.5, 0.6) is 0 Å². The maximum Gasteiger partial charge on any atom is 0.239 e. The van der Waals surface area contributed by atoms with Crippen molar-refractivity contribution >= 4 is 5.91 Å². The molecule has 104 valence electrons. The number of carbonyl (C=O) groups is 1. The molecular weight excluding hydrogens is 228 g/mol. The molecular formula is C14H26N2O2. The minimum absolute atomic E-state index is 0.0161. The van der Waals surface area contributed by atoms with Crippen LogP contribution in [0.15, 0.2) is 0 Å². The Morgan fingerprint density at radius 2 is 2.17 bits per heavy atom. The summed E-state index contributed by atoms with van der Waals surface area (Å²) in [6.07, 6.45) is 5.84. The standard InChI is InChI=1S/C14H26N2O2/c1-11(2)15-13-7-5-8-16(14(13)17)10-12-6-3-4-9-18-12/h11-13,15H,3-10H2,1-2H3. The first-order valence-electron chi connectivity index (χ1n) is 7.33. The van der Waals surface area contributed by atoms with Crippen molar-refractivity contribution in [2.45, 2.75) is 64.1 Å². The molecule has 2 saturated heterocycles. The number of hydrogen-bond donors (Lipinski definition) is 1. The van der Waals surface area contributed by atoms with E-state index in [1.807, 2.05) is 4.90 Å². The molecule has 0 aromatic rings. The van der Waals surface area contributed by atoms with Crippen molar-refractivity contribution in [3.63, 3.8) is 0 Å². The summed E-state index contributed by atoms with van der Waals surface area (Å²) < 4.78 is 5.73. The van der Waals surface area contributed by atoms with E-state index in [9.17, 15) is 4.79 Å². The van der Waals surface area contributed by atoms with Gasteiger partial charge in [-0.15, -0.1) is 0 Å². The van der Waals surface area contributed by atoms with Gasteiger partial charge < -0.3 is 15.0 Å². The zero-order chi connectivity index (χ0) is 13.0. The molecule has 0 saturated carbocycles. The number of likely N-dealkylation sites (tertiary alicyclic amines) is 1. The predicted octanol–water partition coefficient (Wildman–Crippen LogP) is 1.54. The van der Waals surface area contributed by atoms with E-state index in [0.717, 1.165) is 39.0 Å². The normalized spacial score (nSPS) is 29.9. The van der Waals surface area contributed by atoms with Crippen molar-refractivity contribution in [2.24, 2.45) is 0 Å². The smallest absolute Gasteiger partial charge is 0.239 e. The lowest BCUT2D eigenvalue weighted by molar-refractivity contribution is -0.139. The average molecular weight is 254 g/mol. The largest absolute Gasteiger partial charge is 0.376 e. The third-order valence-corrected chi connectivity index (χ3v) is 3.76. The maximum absolute atomic E-state index is 12.3. The van der Waals surface area contributed by atoms with Crippen LogP contribution in [0, 0.1) is 0 Å². The van der Waals surface area contributed by atoms with Gasteiger partial charge in [-0.05, 0) is 32.1 Å². The Morgan fingerprint density at radius 3 is 2.83 bits per heavy atom. The molecule has 2 aliphatic heterocycles. The van der Waals surface area contributed by atoms with Gasteiger partial charge in [0.15, 0.2) is 0 Å². The summed E-state index contributed by atoms with van der Waals surface area (Å²) in [6.45, 7) is 6.73. The van der Waals surface area contributed by atoms with Gasteiger partial charge in [-0.25, -0.2) is 0 Å². The highest BCUT2D eigenvalue weighted by Crippen LogP contribution is 2.18. The highest BCUT2D eigenvalue weighted by atomic mass is 16.5. The number of nitrogens with one attached hydrogen (secondary N) is 1. The van der Waals surface area contributed by atoms with Crippen LogP contribution in [-0.4, -0.2) is 48.7 Å². The molecule has 4 nitrogen and oxygen atoms in total. The van der Waals surface area contributed by atoms with E-state index in [1.54, 1.807) is 0 Å². The van der Waals surface area contributed by atoms with E-state index in [0.29, 0.717) is 6.04 Å². The fraction of sp³-hybridized carbons (Fsp3) is 0.929. The number of ether oxygens (including phenoxy) is 1. The third-order valence-electron chi connectivity index (χ3n) is 3.76. The Balaban J connectivity index is 1.85. The van der Waals surface area contributed by atoms with Gasteiger partial charge in [0.1, 0.15) is 0 Å². The number of piperidine rings is 1. The molecule has 0 spiro atoms. The SMILES string of the molecule is CC(C)NC1CCCN(CC2CCCCO2)C1=O. The van der Waals surface area contributed by atoms with Gasteiger partial charge in [0.25, 0.3) is 0 Å². The van der Waals surface area contributed by atoms with Gasteiger partial charge in [0.05, 0.1) is 12.1 Å². The Morgan fingerprint density at radius 1 is 1.33 bits per heavy atom. The summed E-state index contributed by atoms with van der Waals surface area (Å²) in [7, 11) is 0. The minimum Gasteiger partial charge on any atom is -0.376 e. The Labute approximate surface area is 110 Å². The summed E-state index contributed by atoms with van der Waals surface area (Å²) in [5.74, 6) is 0.268. The van der Waals surface area contributed by atoms with Crippen LogP contribution in [0.3, 0.4) is 0 Å². The van der Waals surface area contributed by atoms with E-state index < -0.39 is 0 Å². The Bertz CT molecular complexity index is 275. The molecule has 4 heteroatoms. The fourth-order valence-corrected chi connectivity index (χ4v) is 2.88. The van der Waals surface area contributed by atoms with E-state index in [-0.39, 0.29) is 18.1 Å². The maximum atomic E-state index is 12.3. The molecule has 0 bridgehead atoms. The van der Waals surface area contributed by atoms with E-state index >= 15 is 0 Å². The van der Waals surface area contributed by atoms with Gasteiger partial charge in [-0.1, -0.05) is 13.8 Å². The summed E-state index contributed by atoms with van der Waals surface area (Å²) in [4.78, 5) is 14.3. The fourth-order valence-electron chi connectivity index (χ4n) is 2.88. The molecule has 18 heavy (non-hydrogen) atoms. The van der Waals surface area contributed by atoms with Crippen molar-refractivity contribution in [3.8, 4) is 0 Å². The molecule has 0 radical (unpaired) electrons. The second-order valence-corrected chi connectivity index (χ2v) is 5.79. The van der Waals surface area contributed by atoms with Gasteiger partial charge in [-0.3, -0.25) is 4.79 Å². The highest BCUT2D eigenvalue weighted by Gasteiger charge is 2.30. The number of nitrogens with zero attached hydrogens (tertiary/aromatic N) is 1. The van der Waals surface area contributed by atoms with Crippen molar-refractivity contribution in [1.29, 1.82) is 0 Å². The molecule has 2 fully saturated rings. The second kappa shape index (κ2) is 6.53. The lowest BCUT2D eigenvalue weighted by Gasteiger charge is -2.36. The summed E-state index contributed by atoms with van der Waals surface area (Å²) >= 11 is 0. The molecule has 2 heterocycles. The van der Waals surface area contributed by atoms with Gasteiger partial charge in [-0.2, -0.15) is 0 Å². The molecule has 0 aromatic heterocycles. The molecule has 0 aromatic carbocycles. The number of hydrogen-bond acceptors (Lipinski definition) is 3. The summed E-state index contributed by atoms with van der Waals surface area (Å²) in [5.41, 5.74) is 0. The third kappa shape index (κ3) is 3.69. The molecule has 2 aliphatic rings. The average Bonchev–Trinajstić information content (AvgIpc) is 2.35. The van der Waals surface area contributed by atoms with Crippen LogP contribution in [0.25, 0.3) is 0 Å². The number of amides is 1. The molecule has 2 unspecified atom stereocenters. The van der Waals surface area contributed by atoms with Gasteiger partial charge in [0.2, 0.25) is 5.91 Å². The van der Waals surface area contributed by atoms with Crippen LogP contribution >= 0.6 is 0 Å². The summed E-state index contributed by atoms with van der Waals surface area (Å²) in [6, 6.07) is 0.382. The lowest BCUT2D eigenvalue weighted by Crippen LogP contribution is -2.54. The van der Waals surface area contributed by atoms with Crippen molar-refractivity contribution in [2.75, 3.05) is 19.7 Å². The Hall–Kier alpha value is -0.610. The van der Waals surface area contributed by atoms with E-state index in [2.05, 4.69) is 19.2 Å². The lowest BCUT2D eigenvalue weighted by atomic mass is 10.0. The molecule has 1 amide bonds. The molecule has 2 rings (SSSR count). The predicted molar refractivity (Wildman–Crippen MR) is 71.5 cm³/mol. The first kappa shape index (κ1) is 13.8. The zero-order valence-electron chi connectivity index (χ0n) is 11.7. The molecule has 2 atom stereocenters. The number of rotatable bonds is 4. The zero-order valence-corrected chi connectivity index (χ0v) is 11.7. The summed E-state index contributed by atoms with van der Waals surface area (Å²) in [5, 5.41) is 3.37. The van der Waals surface area contributed by atoms with Crippen molar-refractivity contribution < 1.29 is 9.53 Å². The van der Waals surface area contributed by atoms with Crippen molar-refractivity contribution in [1.82, 2.24) is 10.2 Å². The van der Waals surface area contributed by atoms with Crippen LogP contribution in [0.2, 0.25) is 0 Å². The van der Waals surface area contributed by atoms with Crippen LogP contribution in [-0.2, 0) is 9.53 Å². The topological polar surface area (TPSA) is 41.6 Å². The van der Waals surface area contributed by atoms with Crippen LogP contribution in [0.1, 0.15) is 46.0 Å². The first-order valence-corrected chi connectivity index (χ1v) is 7.33. The van der Waals surface area contributed by atoms with E-state index in [1.165, 1.54) is 12.8 Å². The molecule has 1 N–H and O–H groups in total. The number of carbonyl (C=O) groups excluding carboxylic acids is 1. The first-order chi connectivity index (χ1) is 8.66. The quantitative estimate of drug-likeness (QED) is 0.827. The second-order valence-electron chi connectivity index (χ2n) is 5.79. The highest BCUT2D eigenvalue weighted by molar-refractivity contribution is 5.82. The minimum atomic E-state index is 0.0161. The van der Waals surface area contributed by atoms with Crippen LogP contribution in [0.4, 0.5) is 0 Å². The van der Waals surface area contributed by atoms with Crippen molar-refractivity contribution in [3.05, 3.63) is 0 Å². The monoisotopic (exact) mass is 254 g/mol. The van der Waals surface area contributed by atoms with Gasteiger partial charge in [0, 0.05) is 25.7 Å². The van der Waals surface area contributed by atoms with Crippen LogP contribution < -0.4 is 5.32 Å².